The molecule has 2 aromatic rings. The molecule has 2 aromatic heterocycles. The molecule has 100 valence electrons. The summed E-state index contributed by atoms with van der Waals surface area (Å²) in [4.78, 5) is 12.0. The van der Waals surface area contributed by atoms with Crippen LogP contribution in [0.5, 0.6) is 11.5 Å². The zero-order valence-electron chi connectivity index (χ0n) is 10.6. The van der Waals surface area contributed by atoms with Gasteiger partial charge in [-0.05, 0) is 28.5 Å². The Hall–Kier alpha value is -1.64. The second-order valence-corrected chi connectivity index (χ2v) is 5.38. The lowest BCUT2D eigenvalue weighted by atomic mass is 10.1. The molecule has 2 heterocycles. The summed E-state index contributed by atoms with van der Waals surface area (Å²) in [7, 11) is 0. The van der Waals surface area contributed by atoms with E-state index in [1.165, 1.54) is 6.20 Å². The minimum Gasteiger partial charge on any atom is -0.451 e. The van der Waals surface area contributed by atoms with Gasteiger partial charge < -0.3 is 16.2 Å². The van der Waals surface area contributed by atoms with E-state index < -0.39 is 0 Å². The Morgan fingerprint density at radius 3 is 2.53 bits per heavy atom. The molecule has 2 rings (SSSR count). The van der Waals surface area contributed by atoms with E-state index in [9.17, 15) is 0 Å². The molecule has 0 saturated carbocycles. The SMILES string of the molecule is CC(C)c1cnc(I)cc1Oc1cnc(N)nc1N. The van der Waals surface area contributed by atoms with Gasteiger partial charge in [-0.2, -0.15) is 4.98 Å². The second-order valence-electron chi connectivity index (χ2n) is 4.28. The molecule has 0 spiro atoms. The van der Waals surface area contributed by atoms with Gasteiger partial charge in [0, 0.05) is 17.8 Å². The number of anilines is 2. The van der Waals surface area contributed by atoms with E-state index in [0.29, 0.717) is 11.5 Å². The number of nitrogen functional groups attached to an aromatic ring is 2. The van der Waals surface area contributed by atoms with Crippen LogP contribution in [0, 0.1) is 3.70 Å². The van der Waals surface area contributed by atoms with Crippen molar-refractivity contribution < 1.29 is 4.74 Å². The lowest BCUT2D eigenvalue weighted by Gasteiger charge is -2.14. The summed E-state index contributed by atoms with van der Waals surface area (Å²) in [6, 6.07) is 1.85. The first-order valence-corrected chi connectivity index (χ1v) is 6.76. The highest BCUT2D eigenvalue weighted by Crippen LogP contribution is 2.32. The van der Waals surface area contributed by atoms with Gasteiger partial charge in [-0.1, -0.05) is 13.8 Å². The Morgan fingerprint density at radius 2 is 1.89 bits per heavy atom. The van der Waals surface area contributed by atoms with E-state index in [0.717, 1.165) is 9.26 Å². The van der Waals surface area contributed by atoms with Crippen molar-refractivity contribution in [2.45, 2.75) is 19.8 Å². The molecule has 6 nitrogen and oxygen atoms in total. The Kier molecular flexibility index (Phi) is 4.03. The Labute approximate surface area is 124 Å². The van der Waals surface area contributed by atoms with Gasteiger partial charge >= 0.3 is 0 Å². The maximum Gasteiger partial charge on any atom is 0.222 e. The van der Waals surface area contributed by atoms with Crippen LogP contribution in [-0.2, 0) is 0 Å². The van der Waals surface area contributed by atoms with Crippen molar-refractivity contribution in [2.24, 2.45) is 0 Å². The van der Waals surface area contributed by atoms with Gasteiger partial charge in [0.2, 0.25) is 5.95 Å². The van der Waals surface area contributed by atoms with Gasteiger partial charge in [0.1, 0.15) is 9.45 Å². The fourth-order valence-corrected chi connectivity index (χ4v) is 1.96. The first-order valence-electron chi connectivity index (χ1n) is 5.68. The summed E-state index contributed by atoms with van der Waals surface area (Å²) in [6.45, 7) is 4.14. The number of ether oxygens (including phenoxy) is 1. The van der Waals surface area contributed by atoms with Gasteiger partial charge in [-0.3, -0.25) is 0 Å². The van der Waals surface area contributed by atoms with Crippen LogP contribution in [0.25, 0.3) is 0 Å². The average molecular weight is 371 g/mol. The number of pyridine rings is 1. The molecular formula is C12H14IN5O. The Bertz CT molecular complexity index is 603. The molecule has 0 atom stereocenters. The highest BCUT2D eigenvalue weighted by molar-refractivity contribution is 14.1. The lowest BCUT2D eigenvalue weighted by molar-refractivity contribution is 0.469. The van der Waals surface area contributed by atoms with Crippen LogP contribution in [0.4, 0.5) is 11.8 Å². The second kappa shape index (κ2) is 5.55. The van der Waals surface area contributed by atoms with E-state index in [-0.39, 0.29) is 17.7 Å². The highest BCUT2D eigenvalue weighted by atomic mass is 127. The van der Waals surface area contributed by atoms with Crippen LogP contribution in [0.2, 0.25) is 0 Å². The minimum absolute atomic E-state index is 0.123. The highest BCUT2D eigenvalue weighted by Gasteiger charge is 2.12. The summed E-state index contributed by atoms with van der Waals surface area (Å²) in [5, 5.41) is 0. The molecule has 0 aliphatic rings. The predicted octanol–water partition coefficient (Wildman–Crippen LogP) is 2.56. The van der Waals surface area contributed by atoms with Gasteiger partial charge in [-0.15, -0.1) is 0 Å². The van der Waals surface area contributed by atoms with Crippen LogP contribution in [0.3, 0.4) is 0 Å². The molecule has 0 aromatic carbocycles. The maximum absolute atomic E-state index is 5.79. The zero-order valence-corrected chi connectivity index (χ0v) is 12.7. The lowest BCUT2D eigenvalue weighted by Crippen LogP contribution is -2.03. The number of nitrogens with zero attached hydrogens (tertiary/aromatic N) is 3. The van der Waals surface area contributed by atoms with Crippen molar-refractivity contribution >= 4 is 34.4 Å². The van der Waals surface area contributed by atoms with Crippen LogP contribution in [0.15, 0.2) is 18.5 Å². The quantitative estimate of drug-likeness (QED) is 0.636. The van der Waals surface area contributed by atoms with Crippen LogP contribution >= 0.6 is 22.6 Å². The summed E-state index contributed by atoms with van der Waals surface area (Å²) >= 11 is 2.13. The normalized spacial score (nSPS) is 10.7. The Morgan fingerprint density at radius 1 is 1.16 bits per heavy atom. The van der Waals surface area contributed by atoms with E-state index in [4.69, 9.17) is 16.2 Å². The molecule has 0 radical (unpaired) electrons. The molecule has 4 N–H and O–H groups in total. The molecule has 0 amide bonds. The Balaban J connectivity index is 2.39. The third kappa shape index (κ3) is 3.22. The van der Waals surface area contributed by atoms with Gasteiger partial charge in [0.05, 0.1) is 6.20 Å². The number of rotatable bonds is 3. The fraction of sp³-hybridized carbons (Fsp3) is 0.250. The molecular weight excluding hydrogens is 357 g/mol. The number of hydrogen-bond donors (Lipinski definition) is 2. The topological polar surface area (TPSA) is 99.9 Å². The number of hydrogen-bond acceptors (Lipinski definition) is 6. The zero-order chi connectivity index (χ0) is 14.0. The first kappa shape index (κ1) is 13.8. The van der Waals surface area contributed by atoms with Crippen molar-refractivity contribution in [1.82, 2.24) is 15.0 Å². The summed E-state index contributed by atoms with van der Waals surface area (Å²) < 4.78 is 6.63. The summed E-state index contributed by atoms with van der Waals surface area (Å²) in [5.74, 6) is 1.72. The van der Waals surface area contributed by atoms with Crippen LogP contribution < -0.4 is 16.2 Å². The average Bonchev–Trinajstić information content (AvgIpc) is 2.32. The maximum atomic E-state index is 5.79. The van der Waals surface area contributed by atoms with E-state index >= 15 is 0 Å². The third-order valence-corrected chi connectivity index (χ3v) is 3.10. The molecule has 0 unspecified atom stereocenters. The van der Waals surface area contributed by atoms with Gasteiger partial charge in [0.25, 0.3) is 0 Å². The van der Waals surface area contributed by atoms with Gasteiger partial charge in [-0.25, -0.2) is 9.97 Å². The largest absolute Gasteiger partial charge is 0.451 e. The van der Waals surface area contributed by atoms with Crippen molar-refractivity contribution in [3.8, 4) is 11.5 Å². The predicted molar refractivity (Wildman–Crippen MR) is 82.0 cm³/mol. The van der Waals surface area contributed by atoms with Crippen molar-refractivity contribution in [3.63, 3.8) is 0 Å². The monoisotopic (exact) mass is 371 g/mol. The summed E-state index contributed by atoms with van der Waals surface area (Å²) in [6.07, 6.45) is 3.27. The van der Waals surface area contributed by atoms with E-state index in [1.807, 2.05) is 6.07 Å². The molecule has 7 heteroatoms. The molecule has 19 heavy (non-hydrogen) atoms. The van der Waals surface area contributed by atoms with Crippen LogP contribution in [-0.4, -0.2) is 15.0 Å². The van der Waals surface area contributed by atoms with Crippen LogP contribution in [0.1, 0.15) is 25.3 Å². The number of halogens is 1. The molecule has 0 saturated heterocycles. The van der Waals surface area contributed by atoms with E-state index in [1.54, 1.807) is 6.20 Å². The first-order chi connectivity index (χ1) is 8.97. The number of aromatic nitrogens is 3. The van der Waals surface area contributed by atoms with Crippen molar-refractivity contribution in [1.29, 1.82) is 0 Å². The minimum atomic E-state index is 0.123. The number of nitrogens with two attached hydrogens (primary N) is 2. The molecule has 0 aliphatic carbocycles. The van der Waals surface area contributed by atoms with E-state index in [2.05, 4.69) is 51.4 Å². The fourth-order valence-electron chi connectivity index (χ4n) is 1.54. The smallest absolute Gasteiger partial charge is 0.222 e. The summed E-state index contributed by atoms with van der Waals surface area (Å²) in [5.41, 5.74) is 12.2. The van der Waals surface area contributed by atoms with Crippen molar-refractivity contribution in [2.75, 3.05) is 11.5 Å². The van der Waals surface area contributed by atoms with Crippen molar-refractivity contribution in [3.05, 3.63) is 27.7 Å². The van der Waals surface area contributed by atoms with Gasteiger partial charge in [0.15, 0.2) is 11.6 Å². The standard InChI is InChI=1S/C12H14IN5O/c1-6(2)7-4-16-10(13)3-8(7)19-9-5-17-12(15)18-11(9)14/h3-6H,1-2H3,(H4,14,15,17,18). The molecule has 0 bridgehead atoms. The molecule has 0 fully saturated rings. The third-order valence-electron chi connectivity index (χ3n) is 2.51. The molecule has 0 aliphatic heterocycles.